The molecule has 100 valence electrons. The second kappa shape index (κ2) is 6.91. The van der Waals surface area contributed by atoms with Gasteiger partial charge in [0.15, 0.2) is 0 Å². The molecule has 0 radical (unpaired) electrons. The molecule has 1 fully saturated rings. The molecule has 1 aromatic carbocycles. The largest absolute Gasteiger partial charge is 0.376 e. The quantitative estimate of drug-likeness (QED) is 0.858. The van der Waals surface area contributed by atoms with Crippen LogP contribution in [-0.4, -0.2) is 19.3 Å². The maximum Gasteiger partial charge on any atom is 0.0769 e. The molecule has 1 saturated heterocycles. The van der Waals surface area contributed by atoms with Crippen molar-refractivity contribution in [1.29, 1.82) is 0 Å². The summed E-state index contributed by atoms with van der Waals surface area (Å²) in [5, 5.41) is 3.67. The Balaban J connectivity index is 2.15. The van der Waals surface area contributed by atoms with Gasteiger partial charge in [-0.3, -0.25) is 0 Å². The SMILES string of the molecule is CCCNC(c1ccccc1C)C1CCCCO1. The number of benzene rings is 1. The van der Waals surface area contributed by atoms with E-state index in [1.165, 1.54) is 30.4 Å². The number of ether oxygens (including phenoxy) is 1. The molecule has 2 nitrogen and oxygen atoms in total. The Hall–Kier alpha value is -0.860. The van der Waals surface area contributed by atoms with Crippen LogP contribution in [0.2, 0.25) is 0 Å². The Labute approximate surface area is 111 Å². The van der Waals surface area contributed by atoms with E-state index in [9.17, 15) is 0 Å². The first-order chi connectivity index (χ1) is 8.83. The predicted molar refractivity (Wildman–Crippen MR) is 75.8 cm³/mol. The van der Waals surface area contributed by atoms with E-state index in [2.05, 4.69) is 43.4 Å². The molecule has 2 heteroatoms. The summed E-state index contributed by atoms with van der Waals surface area (Å²) in [5.74, 6) is 0. The summed E-state index contributed by atoms with van der Waals surface area (Å²) in [4.78, 5) is 0. The number of nitrogens with one attached hydrogen (secondary N) is 1. The number of rotatable bonds is 5. The molecule has 1 heterocycles. The Bertz CT molecular complexity index is 358. The lowest BCUT2D eigenvalue weighted by molar-refractivity contribution is -0.00828. The van der Waals surface area contributed by atoms with Crippen molar-refractivity contribution in [2.75, 3.05) is 13.2 Å². The minimum atomic E-state index is 0.339. The van der Waals surface area contributed by atoms with E-state index in [0.717, 1.165) is 19.6 Å². The van der Waals surface area contributed by atoms with Gasteiger partial charge in [-0.25, -0.2) is 0 Å². The first-order valence-electron chi connectivity index (χ1n) is 7.23. The standard InChI is InChI=1S/C16H25NO/c1-3-11-17-16(15-10-6-7-12-18-15)14-9-5-4-8-13(14)2/h4-5,8-9,15-17H,3,6-7,10-12H2,1-2H3. The summed E-state index contributed by atoms with van der Waals surface area (Å²) in [5.41, 5.74) is 2.76. The van der Waals surface area contributed by atoms with Gasteiger partial charge >= 0.3 is 0 Å². The van der Waals surface area contributed by atoms with E-state index in [4.69, 9.17) is 4.74 Å². The maximum atomic E-state index is 5.98. The summed E-state index contributed by atoms with van der Waals surface area (Å²) < 4.78 is 5.98. The van der Waals surface area contributed by atoms with Gasteiger partial charge in [0.25, 0.3) is 0 Å². The van der Waals surface area contributed by atoms with E-state index in [-0.39, 0.29) is 0 Å². The third-order valence-corrected chi connectivity index (χ3v) is 3.72. The molecule has 0 saturated carbocycles. The lowest BCUT2D eigenvalue weighted by Gasteiger charge is -2.32. The normalized spacial score (nSPS) is 21.8. The predicted octanol–water partition coefficient (Wildman–Crippen LogP) is 3.60. The number of aryl methyl sites for hydroxylation is 1. The molecule has 0 aromatic heterocycles. The van der Waals surface area contributed by atoms with Crippen LogP contribution < -0.4 is 5.32 Å². The molecule has 0 spiro atoms. The summed E-state index contributed by atoms with van der Waals surface area (Å²) in [6.45, 7) is 6.38. The van der Waals surface area contributed by atoms with Gasteiger partial charge in [-0.05, 0) is 50.3 Å². The Morgan fingerprint density at radius 2 is 2.17 bits per heavy atom. The zero-order valence-corrected chi connectivity index (χ0v) is 11.6. The van der Waals surface area contributed by atoms with Crippen LogP contribution in [0.3, 0.4) is 0 Å². The molecule has 2 rings (SSSR count). The van der Waals surface area contributed by atoms with Gasteiger partial charge in [0.1, 0.15) is 0 Å². The molecule has 1 N–H and O–H groups in total. The van der Waals surface area contributed by atoms with E-state index < -0.39 is 0 Å². The van der Waals surface area contributed by atoms with E-state index >= 15 is 0 Å². The highest BCUT2D eigenvalue weighted by atomic mass is 16.5. The van der Waals surface area contributed by atoms with Crippen molar-refractivity contribution >= 4 is 0 Å². The topological polar surface area (TPSA) is 21.3 Å². The smallest absolute Gasteiger partial charge is 0.0769 e. The van der Waals surface area contributed by atoms with Crippen LogP contribution in [-0.2, 0) is 4.74 Å². The highest BCUT2D eigenvalue weighted by Gasteiger charge is 2.26. The molecule has 1 aliphatic heterocycles. The Morgan fingerprint density at radius 3 is 2.83 bits per heavy atom. The summed E-state index contributed by atoms with van der Waals surface area (Å²) >= 11 is 0. The van der Waals surface area contributed by atoms with Crippen molar-refractivity contribution in [3.63, 3.8) is 0 Å². The molecule has 1 aliphatic rings. The van der Waals surface area contributed by atoms with Crippen LogP contribution in [0.1, 0.15) is 49.8 Å². The molecule has 2 atom stereocenters. The van der Waals surface area contributed by atoms with E-state index in [1.807, 2.05) is 0 Å². The van der Waals surface area contributed by atoms with Gasteiger partial charge in [0.05, 0.1) is 12.1 Å². The molecule has 2 unspecified atom stereocenters. The molecule has 0 aliphatic carbocycles. The second-order valence-corrected chi connectivity index (χ2v) is 5.19. The Kier molecular flexibility index (Phi) is 5.21. The van der Waals surface area contributed by atoms with Crippen molar-refractivity contribution < 1.29 is 4.74 Å². The van der Waals surface area contributed by atoms with Crippen molar-refractivity contribution in [3.8, 4) is 0 Å². The number of hydrogen-bond donors (Lipinski definition) is 1. The van der Waals surface area contributed by atoms with Gasteiger partial charge in [-0.1, -0.05) is 31.2 Å². The zero-order valence-electron chi connectivity index (χ0n) is 11.6. The van der Waals surface area contributed by atoms with Crippen LogP contribution in [0.5, 0.6) is 0 Å². The first-order valence-corrected chi connectivity index (χ1v) is 7.23. The molecule has 0 bridgehead atoms. The van der Waals surface area contributed by atoms with Gasteiger partial charge < -0.3 is 10.1 Å². The van der Waals surface area contributed by atoms with Crippen LogP contribution >= 0.6 is 0 Å². The average Bonchev–Trinajstić information content (AvgIpc) is 2.42. The monoisotopic (exact) mass is 247 g/mol. The first kappa shape index (κ1) is 13.6. The summed E-state index contributed by atoms with van der Waals surface area (Å²) in [6, 6.07) is 9.02. The van der Waals surface area contributed by atoms with E-state index in [0.29, 0.717) is 12.1 Å². The molecule has 0 amide bonds. The fourth-order valence-electron chi connectivity index (χ4n) is 2.71. The fraction of sp³-hybridized carbons (Fsp3) is 0.625. The molecular formula is C16H25NO. The lowest BCUT2D eigenvalue weighted by atomic mass is 9.92. The maximum absolute atomic E-state index is 5.98. The van der Waals surface area contributed by atoms with Gasteiger partial charge in [0.2, 0.25) is 0 Å². The van der Waals surface area contributed by atoms with Crippen molar-refractivity contribution in [2.45, 2.75) is 51.7 Å². The van der Waals surface area contributed by atoms with E-state index in [1.54, 1.807) is 0 Å². The van der Waals surface area contributed by atoms with Crippen LogP contribution in [0.4, 0.5) is 0 Å². The van der Waals surface area contributed by atoms with Gasteiger partial charge in [0, 0.05) is 6.61 Å². The minimum Gasteiger partial charge on any atom is -0.376 e. The summed E-state index contributed by atoms with van der Waals surface area (Å²) in [6.07, 6.45) is 5.18. The highest BCUT2D eigenvalue weighted by molar-refractivity contribution is 5.29. The highest BCUT2D eigenvalue weighted by Crippen LogP contribution is 2.28. The van der Waals surface area contributed by atoms with Crippen molar-refractivity contribution in [3.05, 3.63) is 35.4 Å². The van der Waals surface area contributed by atoms with Crippen LogP contribution in [0, 0.1) is 6.92 Å². The molecule has 18 heavy (non-hydrogen) atoms. The Morgan fingerprint density at radius 1 is 1.33 bits per heavy atom. The molecule has 1 aromatic rings. The van der Waals surface area contributed by atoms with Crippen molar-refractivity contribution in [2.24, 2.45) is 0 Å². The second-order valence-electron chi connectivity index (χ2n) is 5.19. The average molecular weight is 247 g/mol. The number of hydrogen-bond acceptors (Lipinski definition) is 2. The summed E-state index contributed by atoms with van der Waals surface area (Å²) in [7, 11) is 0. The third-order valence-electron chi connectivity index (χ3n) is 3.72. The van der Waals surface area contributed by atoms with Crippen LogP contribution in [0.25, 0.3) is 0 Å². The minimum absolute atomic E-state index is 0.339. The fourth-order valence-corrected chi connectivity index (χ4v) is 2.71. The van der Waals surface area contributed by atoms with Gasteiger partial charge in [-0.15, -0.1) is 0 Å². The molecular weight excluding hydrogens is 222 g/mol. The van der Waals surface area contributed by atoms with Gasteiger partial charge in [-0.2, -0.15) is 0 Å². The van der Waals surface area contributed by atoms with Crippen molar-refractivity contribution in [1.82, 2.24) is 5.32 Å². The zero-order chi connectivity index (χ0) is 12.8. The third kappa shape index (κ3) is 3.33. The lowest BCUT2D eigenvalue weighted by Crippen LogP contribution is -2.36. The van der Waals surface area contributed by atoms with Crippen LogP contribution in [0.15, 0.2) is 24.3 Å².